The minimum atomic E-state index is 0.315. The van der Waals surface area contributed by atoms with Crippen molar-refractivity contribution in [3.8, 4) is 22.6 Å². The van der Waals surface area contributed by atoms with Crippen LogP contribution in [-0.2, 0) is 6.54 Å². The van der Waals surface area contributed by atoms with Crippen LogP contribution in [0.15, 0.2) is 72.8 Å². The van der Waals surface area contributed by atoms with Gasteiger partial charge < -0.3 is 19.7 Å². The topological polar surface area (TPSA) is 37.0 Å². The van der Waals surface area contributed by atoms with Crippen LogP contribution in [0.2, 0.25) is 0 Å². The molecule has 158 valence electrons. The van der Waals surface area contributed by atoms with Crippen LogP contribution in [0, 0.1) is 0 Å². The van der Waals surface area contributed by atoms with Crippen LogP contribution in [0.25, 0.3) is 11.1 Å². The molecule has 1 N–H and O–H groups in total. The number of ether oxygens (including phenoxy) is 2. The summed E-state index contributed by atoms with van der Waals surface area (Å²) in [7, 11) is 0. The molecule has 0 bridgehead atoms. The lowest BCUT2D eigenvalue weighted by atomic mass is 10.0. The highest BCUT2D eigenvalue weighted by molar-refractivity contribution is 7.80. The van der Waals surface area contributed by atoms with Crippen LogP contribution in [0.4, 0.5) is 5.69 Å². The Labute approximate surface area is 188 Å². The van der Waals surface area contributed by atoms with Crippen molar-refractivity contribution < 1.29 is 9.47 Å². The summed E-state index contributed by atoms with van der Waals surface area (Å²) in [6, 6.07) is 24.9. The predicted octanol–water partition coefficient (Wildman–Crippen LogP) is 4.60. The third kappa shape index (κ3) is 4.50. The van der Waals surface area contributed by atoms with Gasteiger partial charge in [0.1, 0.15) is 0 Å². The molecule has 0 radical (unpaired) electrons. The number of piperazine rings is 1. The summed E-state index contributed by atoms with van der Waals surface area (Å²) in [5.41, 5.74) is 4.63. The Hall–Kier alpha value is -3.09. The highest BCUT2D eigenvalue weighted by Gasteiger charge is 2.21. The number of benzene rings is 3. The number of nitrogens with one attached hydrogen (secondary N) is 1. The van der Waals surface area contributed by atoms with Gasteiger partial charge in [-0.1, -0.05) is 54.6 Å². The zero-order chi connectivity index (χ0) is 21.0. The average molecular weight is 432 g/mol. The number of rotatable bonds is 4. The SMILES string of the molecule is S=C(Nc1ccccc1-c1ccccc1)N1CCN(Cc2ccc3c(c2)OCO3)CC1. The summed E-state index contributed by atoms with van der Waals surface area (Å²) in [6.45, 7) is 4.97. The Balaban J connectivity index is 1.18. The van der Waals surface area contributed by atoms with E-state index in [0.29, 0.717) is 6.79 Å². The van der Waals surface area contributed by atoms with Crippen LogP contribution in [-0.4, -0.2) is 47.9 Å². The number of hydrogen-bond donors (Lipinski definition) is 1. The Morgan fingerprint density at radius 1 is 0.839 bits per heavy atom. The molecule has 0 amide bonds. The van der Waals surface area contributed by atoms with E-state index >= 15 is 0 Å². The molecule has 0 aromatic heterocycles. The highest BCUT2D eigenvalue weighted by atomic mass is 32.1. The fourth-order valence-electron chi connectivity index (χ4n) is 4.06. The maximum absolute atomic E-state index is 5.75. The van der Waals surface area contributed by atoms with Gasteiger partial charge in [-0.3, -0.25) is 4.90 Å². The van der Waals surface area contributed by atoms with E-state index in [1.54, 1.807) is 0 Å². The van der Waals surface area contributed by atoms with Crippen LogP contribution >= 0.6 is 12.2 Å². The lowest BCUT2D eigenvalue weighted by Crippen LogP contribution is -2.49. The van der Waals surface area contributed by atoms with E-state index in [-0.39, 0.29) is 0 Å². The summed E-state index contributed by atoms with van der Waals surface area (Å²) in [4.78, 5) is 4.71. The van der Waals surface area contributed by atoms with E-state index < -0.39 is 0 Å². The fourth-order valence-corrected chi connectivity index (χ4v) is 4.35. The van der Waals surface area contributed by atoms with E-state index in [2.05, 4.69) is 69.7 Å². The van der Waals surface area contributed by atoms with E-state index in [0.717, 1.165) is 60.6 Å². The van der Waals surface area contributed by atoms with Gasteiger partial charge in [-0.15, -0.1) is 0 Å². The standard InChI is InChI=1S/C25H25N3O2S/c31-25(26-22-9-5-4-8-21(22)20-6-2-1-3-7-20)28-14-12-27(13-15-28)17-19-10-11-23-24(16-19)30-18-29-23/h1-11,16H,12-15,17-18H2,(H,26,31). The zero-order valence-corrected chi connectivity index (χ0v) is 18.1. The molecule has 1 saturated heterocycles. The van der Waals surface area contributed by atoms with Crippen molar-refractivity contribution in [1.82, 2.24) is 9.80 Å². The molecule has 3 aromatic rings. The van der Waals surface area contributed by atoms with Crippen molar-refractivity contribution >= 4 is 23.0 Å². The second-order valence-corrected chi connectivity index (χ2v) is 8.18. The highest BCUT2D eigenvalue weighted by Crippen LogP contribution is 2.33. The summed E-state index contributed by atoms with van der Waals surface area (Å²) < 4.78 is 10.9. The molecule has 0 unspecified atom stereocenters. The molecular weight excluding hydrogens is 406 g/mol. The zero-order valence-electron chi connectivity index (χ0n) is 17.3. The molecule has 5 rings (SSSR count). The van der Waals surface area contributed by atoms with Crippen molar-refractivity contribution in [2.45, 2.75) is 6.54 Å². The molecule has 5 nitrogen and oxygen atoms in total. The Morgan fingerprint density at radius 3 is 2.42 bits per heavy atom. The lowest BCUT2D eigenvalue weighted by molar-refractivity contribution is 0.173. The maximum Gasteiger partial charge on any atom is 0.231 e. The minimum Gasteiger partial charge on any atom is -0.454 e. The largest absolute Gasteiger partial charge is 0.454 e. The van der Waals surface area contributed by atoms with Crippen molar-refractivity contribution in [2.75, 3.05) is 38.3 Å². The summed E-state index contributed by atoms with van der Waals surface area (Å²) >= 11 is 5.75. The second kappa shape index (κ2) is 8.96. The Bertz CT molecular complexity index is 1070. The van der Waals surface area contributed by atoms with Crippen molar-refractivity contribution in [2.24, 2.45) is 0 Å². The quantitative estimate of drug-likeness (QED) is 0.609. The van der Waals surface area contributed by atoms with Gasteiger partial charge in [0.25, 0.3) is 0 Å². The number of anilines is 1. The van der Waals surface area contributed by atoms with Gasteiger partial charge in [-0.05, 0) is 41.5 Å². The molecule has 0 saturated carbocycles. The number of thiocarbonyl (C=S) groups is 1. The molecule has 2 heterocycles. The van der Waals surface area contributed by atoms with Gasteiger partial charge in [0.05, 0.1) is 0 Å². The van der Waals surface area contributed by atoms with Crippen LogP contribution < -0.4 is 14.8 Å². The number of hydrogen-bond acceptors (Lipinski definition) is 4. The lowest BCUT2D eigenvalue weighted by Gasteiger charge is -2.36. The van der Waals surface area contributed by atoms with E-state index in [1.165, 1.54) is 11.1 Å². The Morgan fingerprint density at radius 2 is 1.58 bits per heavy atom. The minimum absolute atomic E-state index is 0.315. The Kier molecular flexibility index (Phi) is 5.74. The first-order valence-corrected chi connectivity index (χ1v) is 11.0. The van der Waals surface area contributed by atoms with Gasteiger partial charge in [0, 0.05) is 44.0 Å². The van der Waals surface area contributed by atoms with Crippen LogP contribution in [0.5, 0.6) is 11.5 Å². The van der Waals surface area contributed by atoms with Gasteiger partial charge in [0.15, 0.2) is 16.6 Å². The summed E-state index contributed by atoms with van der Waals surface area (Å²) in [5.74, 6) is 1.68. The summed E-state index contributed by atoms with van der Waals surface area (Å²) in [5, 5.41) is 4.26. The first kappa shape index (κ1) is 19.8. The van der Waals surface area contributed by atoms with Crippen molar-refractivity contribution in [1.29, 1.82) is 0 Å². The average Bonchev–Trinajstić information content (AvgIpc) is 3.28. The molecule has 0 atom stereocenters. The molecule has 6 heteroatoms. The molecule has 0 aliphatic carbocycles. The molecule has 31 heavy (non-hydrogen) atoms. The molecule has 3 aromatic carbocycles. The third-order valence-electron chi connectivity index (χ3n) is 5.76. The third-order valence-corrected chi connectivity index (χ3v) is 6.12. The van der Waals surface area contributed by atoms with E-state index in [1.807, 2.05) is 18.2 Å². The molecule has 1 fully saturated rings. The van der Waals surface area contributed by atoms with Crippen molar-refractivity contribution in [3.63, 3.8) is 0 Å². The van der Waals surface area contributed by atoms with Gasteiger partial charge in [-0.25, -0.2) is 0 Å². The number of fused-ring (bicyclic) bond motifs is 1. The second-order valence-electron chi connectivity index (χ2n) is 7.79. The van der Waals surface area contributed by atoms with Crippen LogP contribution in [0.3, 0.4) is 0 Å². The van der Waals surface area contributed by atoms with Crippen LogP contribution in [0.1, 0.15) is 5.56 Å². The molecule has 2 aliphatic heterocycles. The fraction of sp³-hybridized carbons (Fsp3) is 0.240. The predicted molar refractivity (Wildman–Crippen MR) is 128 cm³/mol. The maximum atomic E-state index is 5.75. The normalized spacial score (nSPS) is 15.7. The summed E-state index contributed by atoms with van der Waals surface area (Å²) in [6.07, 6.45) is 0. The van der Waals surface area contributed by atoms with E-state index in [4.69, 9.17) is 21.7 Å². The molecule has 0 spiro atoms. The first-order chi connectivity index (χ1) is 15.3. The van der Waals surface area contributed by atoms with E-state index in [9.17, 15) is 0 Å². The smallest absolute Gasteiger partial charge is 0.231 e. The number of nitrogens with zero attached hydrogens (tertiary/aromatic N) is 2. The van der Waals surface area contributed by atoms with Gasteiger partial charge in [0.2, 0.25) is 6.79 Å². The monoisotopic (exact) mass is 431 g/mol. The first-order valence-electron chi connectivity index (χ1n) is 10.6. The number of para-hydroxylation sites is 1. The molecular formula is C25H25N3O2S. The van der Waals surface area contributed by atoms with Gasteiger partial charge in [-0.2, -0.15) is 0 Å². The van der Waals surface area contributed by atoms with Gasteiger partial charge >= 0.3 is 0 Å². The molecule has 2 aliphatic rings. The van der Waals surface area contributed by atoms with Crippen molar-refractivity contribution in [3.05, 3.63) is 78.4 Å².